The molecule has 0 aromatic rings. The Kier molecular flexibility index (Phi) is 9.37. The molecule has 0 radical (unpaired) electrons. The fourth-order valence-electron chi connectivity index (χ4n) is 1.23. The number of rotatable bonds is 10. The molecule has 17 heavy (non-hydrogen) atoms. The Morgan fingerprint density at radius 2 is 2.00 bits per heavy atom. The number of carboxylic acids is 1. The van der Waals surface area contributed by atoms with E-state index < -0.39 is 5.97 Å². The monoisotopic (exact) mass is 246 g/mol. The van der Waals surface area contributed by atoms with Gasteiger partial charge in [-0.3, -0.25) is 9.59 Å². The summed E-state index contributed by atoms with van der Waals surface area (Å²) >= 11 is 0. The van der Waals surface area contributed by atoms with Crippen LogP contribution in [0.5, 0.6) is 0 Å². The van der Waals surface area contributed by atoms with Gasteiger partial charge in [-0.2, -0.15) is 0 Å². The molecule has 0 bridgehead atoms. The minimum atomic E-state index is -0.816. The Labute approximate surface area is 102 Å². The van der Waals surface area contributed by atoms with Crippen molar-refractivity contribution in [3.8, 4) is 0 Å². The lowest BCUT2D eigenvalue weighted by atomic mass is 10.2. The number of hydrogen-bond acceptors (Lipinski definition) is 4. The molecule has 0 fully saturated rings. The second-order valence-electron chi connectivity index (χ2n) is 3.81. The lowest BCUT2D eigenvalue weighted by molar-refractivity contribution is -0.137. The van der Waals surface area contributed by atoms with Crippen molar-refractivity contribution in [1.82, 2.24) is 10.6 Å². The summed E-state index contributed by atoms with van der Waals surface area (Å²) in [5.74, 6) is -0.889. The lowest BCUT2D eigenvalue weighted by Gasteiger charge is -2.13. The van der Waals surface area contributed by atoms with E-state index in [-0.39, 0.29) is 18.4 Å². The van der Waals surface area contributed by atoms with Gasteiger partial charge in [0.25, 0.3) is 0 Å². The predicted octanol–water partition coefficient (Wildman–Crippen LogP) is -0.0180. The van der Waals surface area contributed by atoms with Crippen molar-refractivity contribution in [2.75, 3.05) is 26.8 Å². The van der Waals surface area contributed by atoms with Gasteiger partial charge >= 0.3 is 5.97 Å². The number of aliphatic carboxylic acids is 1. The summed E-state index contributed by atoms with van der Waals surface area (Å²) in [7, 11) is 1.62. The molecule has 6 heteroatoms. The molecule has 3 N–H and O–H groups in total. The van der Waals surface area contributed by atoms with Gasteiger partial charge in [0.1, 0.15) is 0 Å². The molecule has 0 heterocycles. The van der Waals surface area contributed by atoms with Crippen LogP contribution in [0.2, 0.25) is 0 Å². The number of amides is 1. The van der Waals surface area contributed by atoms with Crippen molar-refractivity contribution >= 4 is 11.9 Å². The highest BCUT2D eigenvalue weighted by Gasteiger charge is 2.10. The SMILES string of the molecule is COCCCNC(=O)C(C)NCCCC(=O)O. The van der Waals surface area contributed by atoms with Gasteiger partial charge in [0.2, 0.25) is 5.91 Å². The largest absolute Gasteiger partial charge is 0.481 e. The van der Waals surface area contributed by atoms with Crippen molar-refractivity contribution in [1.29, 1.82) is 0 Å². The number of ether oxygens (including phenoxy) is 1. The molecule has 6 nitrogen and oxygen atoms in total. The molecule has 0 aromatic carbocycles. The molecule has 0 aliphatic heterocycles. The van der Waals surface area contributed by atoms with Crippen molar-refractivity contribution in [3.05, 3.63) is 0 Å². The summed E-state index contributed by atoms with van der Waals surface area (Å²) in [5, 5.41) is 14.2. The van der Waals surface area contributed by atoms with Crippen LogP contribution >= 0.6 is 0 Å². The van der Waals surface area contributed by atoms with Gasteiger partial charge in [-0.1, -0.05) is 0 Å². The van der Waals surface area contributed by atoms with E-state index in [1.165, 1.54) is 0 Å². The molecule has 0 saturated carbocycles. The zero-order valence-corrected chi connectivity index (χ0v) is 10.5. The smallest absolute Gasteiger partial charge is 0.303 e. The molecule has 0 aliphatic carbocycles. The van der Waals surface area contributed by atoms with Crippen molar-refractivity contribution in [2.45, 2.75) is 32.2 Å². The number of carbonyl (C=O) groups is 2. The van der Waals surface area contributed by atoms with Gasteiger partial charge in [0.05, 0.1) is 6.04 Å². The molecule has 100 valence electrons. The maximum Gasteiger partial charge on any atom is 0.303 e. The van der Waals surface area contributed by atoms with E-state index in [0.717, 1.165) is 6.42 Å². The average molecular weight is 246 g/mol. The highest BCUT2D eigenvalue weighted by atomic mass is 16.5. The first kappa shape index (κ1) is 15.9. The number of nitrogens with one attached hydrogen (secondary N) is 2. The highest BCUT2D eigenvalue weighted by molar-refractivity contribution is 5.81. The van der Waals surface area contributed by atoms with Gasteiger partial charge in [0, 0.05) is 26.7 Å². The van der Waals surface area contributed by atoms with E-state index in [2.05, 4.69) is 10.6 Å². The van der Waals surface area contributed by atoms with Crippen molar-refractivity contribution in [2.24, 2.45) is 0 Å². The number of hydrogen-bond donors (Lipinski definition) is 3. The number of carboxylic acid groups (broad SMARTS) is 1. The van der Waals surface area contributed by atoms with Gasteiger partial charge in [-0.15, -0.1) is 0 Å². The maximum atomic E-state index is 11.5. The van der Waals surface area contributed by atoms with Crippen LogP contribution in [-0.2, 0) is 14.3 Å². The zero-order valence-electron chi connectivity index (χ0n) is 10.5. The first-order chi connectivity index (χ1) is 8.07. The molecule has 1 atom stereocenters. The van der Waals surface area contributed by atoms with Gasteiger partial charge < -0.3 is 20.5 Å². The van der Waals surface area contributed by atoms with E-state index >= 15 is 0 Å². The molecular formula is C11H22N2O4. The second kappa shape index (κ2) is 10.0. The fourth-order valence-corrected chi connectivity index (χ4v) is 1.23. The molecule has 0 aromatic heterocycles. The summed E-state index contributed by atoms with van der Waals surface area (Å²) in [5.41, 5.74) is 0. The molecule has 1 unspecified atom stereocenters. The van der Waals surface area contributed by atoms with Crippen molar-refractivity contribution in [3.63, 3.8) is 0 Å². The summed E-state index contributed by atoms with van der Waals surface area (Å²) in [6.45, 7) is 3.50. The Bertz CT molecular complexity index is 234. The van der Waals surface area contributed by atoms with E-state index in [1.54, 1.807) is 14.0 Å². The summed E-state index contributed by atoms with van der Waals surface area (Å²) < 4.78 is 4.86. The molecular weight excluding hydrogens is 224 g/mol. The minimum Gasteiger partial charge on any atom is -0.481 e. The second-order valence-corrected chi connectivity index (χ2v) is 3.81. The van der Waals surface area contributed by atoms with Crippen LogP contribution in [0, 0.1) is 0 Å². The zero-order chi connectivity index (χ0) is 13.1. The van der Waals surface area contributed by atoms with Crippen LogP contribution in [-0.4, -0.2) is 49.8 Å². The molecule has 0 aliphatic rings. The Balaban J connectivity index is 3.50. The van der Waals surface area contributed by atoms with E-state index in [4.69, 9.17) is 9.84 Å². The third-order valence-corrected chi connectivity index (χ3v) is 2.24. The average Bonchev–Trinajstić information content (AvgIpc) is 2.29. The Morgan fingerprint density at radius 3 is 2.59 bits per heavy atom. The molecule has 0 saturated heterocycles. The van der Waals surface area contributed by atoms with Gasteiger partial charge in [-0.25, -0.2) is 0 Å². The Morgan fingerprint density at radius 1 is 1.29 bits per heavy atom. The van der Waals surface area contributed by atoms with E-state index in [1.807, 2.05) is 0 Å². The van der Waals surface area contributed by atoms with Crippen LogP contribution in [0.1, 0.15) is 26.2 Å². The van der Waals surface area contributed by atoms with E-state index in [0.29, 0.717) is 26.1 Å². The third-order valence-electron chi connectivity index (χ3n) is 2.24. The topological polar surface area (TPSA) is 87.7 Å². The lowest BCUT2D eigenvalue weighted by Crippen LogP contribution is -2.43. The first-order valence-corrected chi connectivity index (χ1v) is 5.79. The predicted molar refractivity (Wildman–Crippen MR) is 63.8 cm³/mol. The third kappa shape index (κ3) is 9.77. The quantitative estimate of drug-likeness (QED) is 0.472. The fraction of sp³-hybridized carbons (Fsp3) is 0.818. The van der Waals surface area contributed by atoms with Crippen LogP contribution in [0.4, 0.5) is 0 Å². The van der Waals surface area contributed by atoms with E-state index in [9.17, 15) is 9.59 Å². The molecule has 1 amide bonds. The summed E-state index contributed by atoms with van der Waals surface area (Å²) in [6.07, 6.45) is 1.43. The van der Waals surface area contributed by atoms with Crippen LogP contribution in [0.25, 0.3) is 0 Å². The standard InChI is InChI=1S/C11H22N2O4/c1-9(12-6-3-5-10(14)15)11(16)13-7-4-8-17-2/h9,12H,3-8H2,1-2H3,(H,13,16)(H,14,15). The normalized spacial score (nSPS) is 12.1. The summed E-state index contributed by atoms with van der Waals surface area (Å²) in [6, 6.07) is -0.300. The Hall–Kier alpha value is -1.14. The maximum absolute atomic E-state index is 11.5. The summed E-state index contributed by atoms with van der Waals surface area (Å²) in [4.78, 5) is 21.8. The van der Waals surface area contributed by atoms with Gasteiger partial charge in [0.15, 0.2) is 0 Å². The number of methoxy groups -OCH3 is 1. The van der Waals surface area contributed by atoms with Gasteiger partial charge in [-0.05, 0) is 26.3 Å². The minimum absolute atomic E-state index is 0.0728. The molecule has 0 rings (SSSR count). The van der Waals surface area contributed by atoms with Crippen molar-refractivity contribution < 1.29 is 19.4 Å². The van der Waals surface area contributed by atoms with Crippen LogP contribution in [0.15, 0.2) is 0 Å². The highest BCUT2D eigenvalue weighted by Crippen LogP contribution is 1.89. The van der Waals surface area contributed by atoms with Crippen LogP contribution < -0.4 is 10.6 Å². The van der Waals surface area contributed by atoms with Crippen LogP contribution in [0.3, 0.4) is 0 Å². The first-order valence-electron chi connectivity index (χ1n) is 5.79. The number of carbonyl (C=O) groups excluding carboxylic acids is 1. The molecule has 0 spiro atoms.